The molecule has 2 aromatic carbocycles. The first-order valence-corrected chi connectivity index (χ1v) is 14.3. The lowest BCUT2D eigenvalue weighted by Crippen LogP contribution is -2.44. The molecule has 1 aliphatic heterocycles. The number of hydrogen-bond donors (Lipinski definition) is 0. The molecule has 124 valence electrons. The van der Waals surface area contributed by atoms with Crippen LogP contribution in [-0.2, 0) is 10.7 Å². The highest BCUT2D eigenvalue weighted by Gasteiger charge is 2.46. The summed E-state index contributed by atoms with van der Waals surface area (Å²) in [5, 5.41) is 12.3. The fourth-order valence-electron chi connectivity index (χ4n) is 3.64. The van der Waals surface area contributed by atoms with Crippen LogP contribution in [0.25, 0.3) is 11.0 Å². The number of hydrogen-bond acceptors (Lipinski definition) is 3. The van der Waals surface area contributed by atoms with Gasteiger partial charge in [0, 0.05) is 5.02 Å². The Morgan fingerprint density at radius 3 is 2.29 bits per heavy atom. The molecule has 3 aromatic rings. The van der Waals surface area contributed by atoms with Crippen molar-refractivity contribution in [3.05, 3.63) is 47.0 Å². The number of halogens is 1. The first kappa shape index (κ1) is 16.0. The van der Waals surface area contributed by atoms with Crippen LogP contribution in [0.4, 0.5) is 0 Å². The molecule has 0 N–H and O–H groups in total. The van der Waals surface area contributed by atoms with E-state index in [0.29, 0.717) is 6.54 Å². The molecule has 0 fully saturated rings. The van der Waals surface area contributed by atoms with Gasteiger partial charge in [0.1, 0.15) is 5.52 Å². The maximum atomic E-state index is 6.52. The van der Waals surface area contributed by atoms with Crippen LogP contribution in [0.15, 0.2) is 36.4 Å². The molecule has 1 aromatic heterocycles. The zero-order valence-corrected chi connectivity index (χ0v) is 17.1. The normalized spacial score (nSPS) is 18.0. The van der Waals surface area contributed by atoms with E-state index in [1.165, 1.54) is 10.4 Å². The lowest BCUT2D eigenvalue weighted by Gasteiger charge is -2.22. The van der Waals surface area contributed by atoms with Gasteiger partial charge in [0.25, 0.3) is 0 Å². The predicted octanol–water partition coefficient (Wildman–Crippen LogP) is 2.99. The van der Waals surface area contributed by atoms with Crippen molar-refractivity contribution >= 4 is 49.6 Å². The van der Waals surface area contributed by atoms with Crippen molar-refractivity contribution in [3.8, 4) is 0 Å². The Morgan fingerprint density at radius 2 is 1.62 bits per heavy atom. The van der Waals surface area contributed by atoms with Gasteiger partial charge >= 0.3 is 0 Å². The van der Waals surface area contributed by atoms with Gasteiger partial charge in [-0.1, -0.05) is 28.9 Å². The minimum Gasteiger partial charge on any atom is -0.449 e. The van der Waals surface area contributed by atoms with Gasteiger partial charge in [-0.15, -0.1) is 5.10 Å². The van der Waals surface area contributed by atoms with Crippen molar-refractivity contribution in [2.24, 2.45) is 0 Å². The third-order valence-corrected chi connectivity index (χ3v) is 12.7. The Labute approximate surface area is 148 Å². The van der Waals surface area contributed by atoms with Gasteiger partial charge in [0.2, 0.25) is 16.6 Å². The van der Waals surface area contributed by atoms with Crippen LogP contribution in [0.1, 0.15) is 5.56 Å². The molecule has 4 nitrogen and oxygen atoms in total. The molecule has 0 spiro atoms. The van der Waals surface area contributed by atoms with Crippen LogP contribution in [0.2, 0.25) is 31.2 Å². The number of benzene rings is 2. The van der Waals surface area contributed by atoms with Gasteiger partial charge in [-0.2, -0.15) is 0 Å². The molecule has 0 unspecified atom stereocenters. The summed E-state index contributed by atoms with van der Waals surface area (Å²) in [5.41, 5.74) is 3.20. The van der Waals surface area contributed by atoms with E-state index >= 15 is 0 Å². The summed E-state index contributed by atoms with van der Waals surface area (Å²) < 4.78 is 8.49. The number of rotatable bonds is 2. The van der Waals surface area contributed by atoms with Crippen LogP contribution in [0, 0.1) is 0 Å². The maximum Gasteiger partial charge on any atom is 0.206 e. The van der Waals surface area contributed by atoms with Crippen molar-refractivity contribution in [1.29, 1.82) is 0 Å². The number of fused-ring (bicyclic) bond motifs is 2. The van der Waals surface area contributed by atoms with Crippen LogP contribution < -0.4 is 10.4 Å². The van der Waals surface area contributed by atoms with Gasteiger partial charge in [0.15, 0.2) is 0 Å². The first-order valence-electron chi connectivity index (χ1n) is 8.09. The van der Waals surface area contributed by atoms with Crippen molar-refractivity contribution in [2.75, 3.05) is 0 Å². The molecule has 24 heavy (non-hydrogen) atoms. The minimum atomic E-state index is -1.83. The van der Waals surface area contributed by atoms with Crippen LogP contribution in [0.5, 0.6) is 0 Å². The Hall–Kier alpha value is -1.48. The molecule has 0 atom stereocenters. The Balaban J connectivity index is 1.81. The highest BCUT2D eigenvalue weighted by molar-refractivity contribution is 7.05. The Morgan fingerprint density at radius 1 is 1.00 bits per heavy atom. The summed E-state index contributed by atoms with van der Waals surface area (Å²) in [4.78, 5) is 0. The maximum absolute atomic E-state index is 6.52. The van der Waals surface area contributed by atoms with Crippen LogP contribution in [-0.4, -0.2) is 31.6 Å². The summed E-state index contributed by atoms with van der Waals surface area (Å²) in [6, 6.07) is 12.4. The fraction of sp³-hybridized carbons (Fsp3) is 0.294. The molecule has 1 aliphatic rings. The van der Waals surface area contributed by atoms with Gasteiger partial charge in [0.05, 0.1) is 12.1 Å². The van der Waals surface area contributed by atoms with Crippen molar-refractivity contribution in [1.82, 2.24) is 15.0 Å². The lowest BCUT2D eigenvalue weighted by atomic mass is 10.2. The minimum absolute atomic E-state index is 0.691. The third-order valence-electron chi connectivity index (χ3n) is 4.71. The topological polar surface area (TPSA) is 39.9 Å². The predicted molar refractivity (Wildman–Crippen MR) is 103 cm³/mol. The van der Waals surface area contributed by atoms with Crippen LogP contribution >= 0.6 is 11.6 Å². The summed E-state index contributed by atoms with van der Waals surface area (Å²) in [6.45, 7) is 9.81. The number of aromatic nitrogens is 3. The smallest absolute Gasteiger partial charge is 0.206 e. The first-order chi connectivity index (χ1) is 11.3. The molecule has 0 amide bonds. The zero-order valence-electron chi connectivity index (χ0n) is 14.3. The van der Waals surface area contributed by atoms with Crippen molar-refractivity contribution < 1.29 is 4.12 Å². The quantitative estimate of drug-likeness (QED) is 0.648. The summed E-state index contributed by atoms with van der Waals surface area (Å²) in [6.07, 6.45) is 0. The second-order valence-electron chi connectivity index (χ2n) is 7.38. The van der Waals surface area contributed by atoms with Gasteiger partial charge < -0.3 is 4.12 Å². The van der Waals surface area contributed by atoms with E-state index in [1.54, 1.807) is 0 Å². The second kappa shape index (κ2) is 5.26. The molecule has 0 saturated carbocycles. The van der Waals surface area contributed by atoms with Gasteiger partial charge in [-0.05, 0) is 66.4 Å². The zero-order chi connectivity index (χ0) is 17.1. The second-order valence-corrected chi connectivity index (χ2v) is 15.8. The molecule has 0 saturated heterocycles. The molecule has 0 aliphatic carbocycles. The van der Waals surface area contributed by atoms with Crippen molar-refractivity contribution in [2.45, 2.75) is 32.7 Å². The lowest BCUT2D eigenvalue weighted by molar-refractivity contribution is 0.583. The summed E-state index contributed by atoms with van der Waals surface area (Å²) in [7, 11) is -3.65. The highest BCUT2D eigenvalue weighted by atomic mass is 35.5. The standard InChI is InChI=1S/C17H20ClN3OSi2/c1-23(2)16-9-14-15(10-17(16)24(3,4)22-23)21(20-19-14)11-12-5-7-13(18)8-6-12/h5-10H,11H2,1-4H3. The van der Waals surface area contributed by atoms with Gasteiger partial charge in [-0.25, -0.2) is 4.68 Å². The average molecular weight is 374 g/mol. The van der Waals surface area contributed by atoms with E-state index in [1.807, 2.05) is 28.9 Å². The molecule has 2 heterocycles. The molecule has 0 bridgehead atoms. The van der Waals surface area contributed by atoms with Crippen LogP contribution in [0.3, 0.4) is 0 Å². The number of nitrogens with zero attached hydrogens (tertiary/aromatic N) is 3. The van der Waals surface area contributed by atoms with E-state index in [2.05, 4.69) is 48.6 Å². The average Bonchev–Trinajstić information content (AvgIpc) is 2.97. The molecule has 7 heteroatoms. The van der Waals surface area contributed by atoms with Gasteiger partial charge in [-0.3, -0.25) is 0 Å². The van der Waals surface area contributed by atoms with Crippen molar-refractivity contribution in [3.63, 3.8) is 0 Å². The monoisotopic (exact) mass is 373 g/mol. The molecule has 4 rings (SSSR count). The Kier molecular flexibility index (Phi) is 3.51. The Bertz CT molecular complexity index is 935. The molecular weight excluding hydrogens is 354 g/mol. The summed E-state index contributed by atoms with van der Waals surface area (Å²) >= 11 is 5.97. The van der Waals surface area contributed by atoms with E-state index in [4.69, 9.17) is 15.7 Å². The third kappa shape index (κ3) is 2.54. The van der Waals surface area contributed by atoms with E-state index < -0.39 is 16.6 Å². The highest BCUT2D eigenvalue weighted by Crippen LogP contribution is 2.24. The molecule has 0 radical (unpaired) electrons. The summed E-state index contributed by atoms with van der Waals surface area (Å²) in [5.74, 6) is 0. The van der Waals surface area contributed by atoms with E-state index in [0.717, 1.165) is 21.6 Å². The molecular formula is C17H20ClN3OSi2. The van der Waals surface area contributed by atoms with E-state index in [-0.39, 0.29) is 0 Å². The van der Waals surface area contributed by atoms with E-state index in [9.17, 15) is 0 Å². The largest absolute Gasteiger partial charge is 0.449 e. The SMILES string of the molecule is C[Si]1(C)O[Si](C)(C)c2cc3c(cc21)nnn3Cc1ccc(Cl)cc1. The fourth-order valence-corrected chi connectivity index (χ4v) is 14.0.